The Morgan fingerprint density at radius 1 is 1.12 bits per heavy atom. The van der Waals surface area contributed by atoms with E-state index in [1.807, 2.05) is 25.1 Å². The van der Waals surface area contributed by atoms with Gasteiger partial charge in [0.2, 0.25) is 0 Å². The third-order valence-corrected chi connectivity index (χ3v) is 3.54. The summed E-state index contributed by atoms with van der Waals surface area (Å²) in [5.41, 5.74) is 1.19. The van der Waals surface area contributed by atoms with Crippen molar-refractivity contribution < 1.29 is 23.9 Å². The number of fused-ring (bicyclic) bond motifs is 1. The molecular weight excluding hydrogens is 314 g/mol. The quantitative estimate of drug-likeness (QED) is 0.489. The van der Waals surface area contributed by atoms with Crippen molar-refractivity contribution in [3.8, 4) is 11.5 Å². The van der Waals surface area contributed by atoms with Gasteiger partial charge in [-0.3, -0.25) is 10.1 Å². The highest BCUT2D eigenvalue weighted by atomic mass is 16.6. The third kappa shape index (κ3) is 3.45. The Kier molecular flexibility index (Phi) is 4.33. The predicted molar refractivity (Wildman–Crippen MR) is 84.5 cm³/mol. The van der Waals surface area contributed by atoms with E-state index in [9.17, 15) is 14.9 Å². The molecule has 0 N–H and O–H groups in total. The monoisotopic (exact) mass is 329 g/mol. The number of hydrogen-bond donors (Lipinski definition) is 0. The fourth-order valence-corrected chi connectivity index (χ4v) is 2.27. The van der Waals surface area contributed by atoms with Crippen molar-refractivity contribution >= 4 is 11.7 Å². The van der Waals surface area contributed by atoms with Gasteiger partial charge < -0.3 is 14.2 Å². The largest absolute Gasteiger partial charge is 0.486 e. The van der Waals surface area contributed by atoms with Crippen LogP contribution in [0.2, 0.25) is 0 Å². The summed E-state index contributed by atoms with van der Waals surface area (Å²) >= 11 is 0. The fraction of sp³-hybridized carbons (Fsp3) is 0.235. The smallest absolute Gasteiger partial charge is 0.338 e. The Hall–Kier alpha value is -3.09. The van der Waals surface area contributed by atoms with Crippen molar-refractivity contribution in [1.82, 2.24) is 0 Å². The van der Waals surface area contributed by atoms with E-state index in [2.05, 4.69) is 0 Å². The van der Waals surface area contributed by atoms with Gasteiger partial charge in [0, 0.05) is 12.1 Å². The van der Waals surface area contributed by atoms with Crippen LogP contribution in [0.25, 0.3) is 0 Å². The van der Waals surface area contributed by atoms with Crippen molar-refractivity contribution in [3.63, 3.8) is 0 Å². The van der Waals surface area contributed by atoms with Gasteiger partial charge in [-0.15, -0.1) is 0 Å². The Morgan fingerprint density at radius 3 is 2.46 bits per heavy atom. The first-order valence-corrected chi connectivity index (χ1v) is 7.34. The van der Waals surface area contributed by atoms with E-state index in [-0.39, 0.29) is 24.5 Å². The first-order chi connectivity index (χ1) is 11.5. The van der Waals surface area contributed by atoms with E-state index < -0.39 is 17.0 Å². The number of rotatable bonds is 3. The predicted octanol–water partition coefficient (Wildman–Crippen LogP) is 2.90. The standard InChI is InChI=1S/C17H15NO6/c1-11-2-7-15-16(8-11)23-10-14(9-22-15)24-17(19)12-3-5-13(6-4-12)18(20)21/h2-8,14H,9-10H2,1H3. The zero-order valence-electron chi connectivity index (χ0n) is 12.9. The van der Waals surface area contributed by atoms with Crippen molar-refractivity contribution in [1.29, 1.82) is 0 Å². The van der Waals surface area contributed by atoms with Crippen LogP contribution in [0.4, 0.5) is 5.69 Å². The number of nitro benzene ring substituents is 1. The van der Waals surface area contributed by atoms with Gasteiger partial charge >= 0.3 is 5.97 Å². The Morgan fingerprint density at radius 2 is 1.79 bits per heavy atom. The van der Waals surface area contributed by atoms with Gasteiger partial charge in [0.25, 0.3) is 5.69 Å². The third-order valence-electron chi connectivity index (χ3n) is 3.54. The molecular formula is C17H15NO6. The molecule has 0 amide bonds. The van der Waals surface area contributed by atoms with Crippen molar-refractivity contribution in [2.45, 2.75) is 13.0 Å². The Labute approximate surface area is 137 Å². The highest BCUT2D eigenvalue weighted by Gasteiger charge is 2.22. The Bertz CT molecular complexity index is 771. The van der Waals surface area contributed by atoms with E-state index in [1.165, 1.54) is 24.3 Å². The fourth-order valence-electron chi connectivity index (χ4n) is 2.27. The second kappa shape index (κ2) is 6.57. The van der Waals surface area contributed by atoms with Crippen molar-refractivity contribution in [2.24, 2.45) is 0 Å². The molecule has 24 heavy (non-hydrogen) atoms. The molecule has 0 spiro atoms. The van der Waals surface area contributed by atoms with Crippen LogP contribution in [-0.2, 0) is 4.74 Å². The lowest BCUT2D eigenvalue weighted by molar-refractivity contribution is -0.384. The van der Waals surface area contributed by atoms with E-state index in [4.69, 9.17) is 14.2 Å². The van der Waals surface area contributed by atoms with E-state index in [0.29, 0.717) is 11.5 Å². The molecule has 0 fully saturated rings. The molecule has 1 atom stereocenters. The maximum atomic E-state index is 12.1. The average molecular weight is 329 g/mol. The molecule has 1 unspecified atom stereocenters. The molecule has 0 radical (unpaired) electrons. The van der Waals surface area contributed by atoms with Crippen LogP contribution in [0.3, 0.4) is 0 Å². The number of nitrogens with zero attached hydrogens (tertiary/aromatic N) is 1. The Balaban J connectivity index is 1.64. The highest BCUT2D eigenvalue weighted by Crippen LogP contribution is 2.30. The highest BCUT2D eigenvalue weighted by molar-refractivity contribution is 5.89. The van der Waals surface area contributed by atoms with Crippen LogP contribution in [0.15, 0.2) is 42.5 Å². The zero-order chi connectivity index (χ0) is 17.1. The number of carbonyl (C=O) groups is 1. The number of aryl methyl sites for hydroxylation is 1. The molecule has 0 saturated heterocycles. The summed E-state index contributed by atoms with van der Waals surface area (Å²) in [5, 5.41) is 10.6. The lowest BCUT2D eigenvalue weighted by Gasteiger charge is -2.14. The summed E-state index contributed by atoms with van der Waals surface area (Å²) < 4.78 is 16.6. The first kappa shape index (κ1) is 15.8. The molecule has 2 aromatic rings. The first-order valence-electron chi connectivity index (χ1n) is 7.34. The average Bonchev–Trinajstić information content (AvgIpc) is 2.77. The zero-order valence-corrected chi connectivity index (χ0v) is 12.9. The summed E-state index contributed by atoms with van der Waals surface area (Å²) in [7, 11) is 0. The molecule has 1 aliphatic heterocycles. The van der Waals surface area contributed by atoms with Gasteiger partial charge in [-0.1, -0.05) is 6.07 Å². The van der Waals surface area contributed by atoms with Gasteiger partial charge in [0.1, 0.15) is 13.2 Å². The maximum absolute atomic E-state index is 12.1. The number of hydrogen-bond acceptors (Lipinski definition) is 6. The lowest BCUT2D eigenvalue weighted by atomic mass is 10.2. The molecule has 3 rings (SSSR count). The van der Waals surface area contributed by atoms with E-state index >= 15 is 0 Å². The van der Waals surface area contributed by atoms with E-state index in [1.54, 1.807) is 0 Å². The van der Waals surface area contributed by atoms with Crippen molar-refractivity contribution in [2.75, 3.05) is 13.2 Å². The molecule has 1 aliphatic rings. The van der Waals surface area contributed by atoms with Gasteiger partial charge in [0.15, 0.2) is 17.6 Å². The number of nitro groups is 1. The number of non-ortho nitro benzene ring substituents is 1. The van der Waals surface area contributed by atoms with Gasteiger partial charge in [0.05, 0.1) is 10.5 Å². The molecule has 0 bridgehead atoms. The molecule has 0 saturated carbocycles. The SMILES string of the molecule is Cc1ccc2c(c1)OCC(OC(=O)c1ccc([N+](=O)[O-])cc1)CO2. The molecule has 0 aliphatic carbocycles. The summed E-state index contributed by atoms with van der Waals surface area (Å²) in [4.78, 5) is 22.2. The minimum absolute atomic E-state index is 0.0847. The minimum Gasteiger partial charge on any atom is -0.486 e. The molecule has 0 aromatic heterocycles. The molecule has 7 heteroatoms. The molecule has 7 nitrogen and oxygen atoms in total. The van der Waals surface area contributed by atoms with Gasteiger partial charge in [-0.05, 0) is 36.8 Å². The molecule has 124 valence electrons. The van der Waals surface area contributed by atoms with Crippen molar-refractivity contribution in [3.05, 3.63) is 63.7 Å². The summed E-state index contributed by atoms with van der Waals surface area (Å²) in [6, 6.07) is 10.8. The van der Waals surface area contributed by atoms with Crippen LogP contribution >= 0.6 is 0 Å². The topological polar surface area (TPSA) is 87.9 Å². The summed E-state index contributed by atoms with van der Waals surface area (Å²) in [6.45, 7) is 2.30. The van der Waals surface area contributed by atoms with E-state index in [0.717, 1.165) is 5.56 Å². The summed E-state index contributed by atoms with van der Waals surface area (Å²) in [5.74, 6) is 0.641. The number of esters is 1. The van der Waals surface area contributed by atoms with Crippen LogP contribution in [0.5, 0.6) is 11.5 Å². The number of benzene rings is 2. The van der Waals surface area contributed by atoms with Gasteiger partial charge in [-0.25, -0.2) is 4.79 Å². The van der Waals surface area contributed by atoms with Crippen LogP contribution in [-0.4, -0.2) is 30.2 Å². The van der Waals surface area contributed by atoms with Gasteiger partial charge in [-0.2, -0.15) is 0 Å². The van der Waals surface area contributed by atoms with Crippen LogP contribution in [0.1, 0.15) is 15.9 Å². The maximum Gasteiger partial charge on any atom is 0.338 e. The molecule has 2 aromatic carbocycles. The minimum atomic E-state index is -0.579. The normalized spacial score (nSPS) is 16.1. The van der Waals surface area contributed by atoms with Crippen LogP contribution < -0.4 is 9.47 Å². The van der Waals surface area contributed by atoms with Crippen LogP contribution in [0, 0.1) is 17.0 Å². The number of ether oxygens (including phenoxy) is 3. The number of carbonyl (C=O) groups excluding carboxylic acids is 1. The lowest BCUT2D eigenvalue weighted by Crippen LogP contribution is -2.29. The second-order valence-corrected chi connectivity index (χ2v) is 5.40. The summed E-state index contributed by atoms with van der Waals surface area (Å²) in [6.07, 6.45) is -0.569. The molecule has 1 heterocycles. The second-order valence-electron chi connectivity index (χ2n) is 5.40.